The van der Waals surface area contributed by atoms with Crippen molar-refractivity contribution >= 4 is 17.0 Å². The van der Waals surface area contributed by atoms with E-state index in [0.717, 1.165) is 81.9 Å². The summed E-state index contributed by atoms with van der Waals surface area (Å²) in [4.78, 5) is 18.4. The number of benzene rings is 2. The maximum Gasteiger partial charge on any atom is 0.182 e. The lowest BCUT2D eigenvalue weighted by atomic mass is 9.74. The van der Waals surface area contributed by atoms with Gasteiger partial charge in [-0.25, -0.2) is 15.0 Å². The first-order valence-electron chi connectivity index (χ1n) is 15.0. The minimum Gasteiger partial charge on any atom is -0.355 e. The second-order valence-corrected chi connectivity index (χ2v) is 12.3. The number of H-pyrrole nitrogens is 1. The molecule has 4 heterocycles. The SMILES string of the molecule is Cc1ccc(CC2(CN)CCN(c3ncnc4nc[nH]c34)CC2)cc1.Cc1ccc(CC2(CN)CCNCC2)cc1. The standard InChI is InChI=1S/C19H24N6.C14H22N2/c1-14-2-4-15(5-3-14)10-19(11-20)6-8-25(9-7-19)18-16-17(22-12-21-16)23-13-24-18;1-12-2-4-13(5-3-12)10-14(11-15)6-8-16-9-7-14/h2-5,12-13H,6-11,20H2,1H3,(H,21,22,23,24);2-5,16H,6-11,15H2,1H3. The van der Waals surface area contributed by atoms with E-state index >= 15 is 0 Å². The zero-order chi connectivity index (χ0) is 28.7. The zero-order valence-corrected chi connectivity index (χ0v) is 24.7. The van der Waals surface area contributed by atoms with E-state index in [2.05, 4.69) is 92.5 Å². The fourth-order valence-electron chi connectivity index (χ4n) is 6.33. The van der Waals surface area contributed by atoms with Gasteiger partial charge in [-0.3, -0.25) is 0 Å². The number of fused-ring (bicyclic) bond motifs is 1. The van der Waals surface area contributed by atoms with Gasteiger partial charge < -0.3 is 26.7 Å². The molecule has 6 rings (SSSR count). The van der Waals surface area contributed by atoms with Crippen LogP contribution in [-0.4, -0.2) is 59.2 Å². The Morgan fingerprint density at radius 3 is 1.80 bits per heavy atom. The second kappa shape index (κ2) is 13.1. The summed E-state index contributed by atoms with van der Waals surface area (Å²) in [5.74, 6) is 0.948. The molecular weight excluding hydrogens is 508 g/mol. The predicted octanol–water partition coefficient (Wildman–Crippen LogP) is 4.32. The van der Waals surface area contributed by atoms with Crippen molar-refractivity contribution in [1.82, 2.24) is 25.3 Å². The number of nitrogens with two attached hydrogens (primary N) is 2. The van der Waals surface area contributed by atoms with Crippen LogP contribution in [0.25, 0.3) is 11.2 Å². The average Bonchev–Trinajstić information content (AvgIpc) is 3.50. The fourth-order valence-corrected chi connectivity index (χ4v) is 6.33. The van der Waals surface area contributed by atoms with Crippen LogP contribution in [0.15, 0.2) is 61.2 Å². The van der Waals surface area contributed by atoms with Crippen molar-refractivity contribution < 1.29 is 0 Å². The quantitative estimate of drug-likeness (QED) is 0.268. The Balaban J connectivity index is 0.000000182. The molecule has 6 N–H and O–H groups in total. The summed E-state index contributed by atoms with van der Waals surface area (Å²) >= 11 is 0. The van der Waals surface area contributed by atoms with E-state index in [4.69, 9.17) is 11.5 Å². The molecule has 0 radical (unpaired) electrons. The Hall–Kier alpha value is -3.33. The van der Waals surface area contributed by atoms with Gasteiger partial charge in [0.05, 0.1) is 6.33 Å². The first kappa shape index (κ1) is 29.2. The molecule has 8 nitrogen and oxygen atoms in total. The van der Waals surface area contributed by atoms with Crippen LogP contribution in [0.1, 0.15) is 47.9 Å². The lowest BCUT2D eigenvalue weighted by Gasteiger charge is -2.42. The van der Waals surface area contributed by atoms with E-state index in [1.165, 1.54) is 35.1 Å². The summed E-state index contributed by atoms with van der Waals surface area (Å²) in [7, 11) is 0. The first-order chi connectivity index (χ1) is 19.9. The smallest absolute Gasteiger partial charge is 0.182 e. The molecule has 0 saturated carbocycles. The van der Waals surface area contributed by atoms with E-state index in [0.29, 0.717) is 5.41 Å². The van der Waals surface area contributed by atoms with Crippen molar-refractivity contribution in [3.05, 3.63) is 83.4 Å². The number of hydrogen-bond acceptors (Lipinski definition) is 7. The summed E-state index contributed by atoms with van der Waals surface area (Å²) in [6.45, 7) is 9.92. The highest BCUT2D eigenvalue weighted by Crippen LogP contribution is 2.36. The molecular formula is C33H46N8. The predicted molar refractivity (Wildman–Crippen MR) is 168 cm³/mol. The molecule has 0 aliphatic carbocycles. The molecule has 218 valence electrons. The van der Waals surface area contributed by atoms with Crippen molar-refractivity contribution in [2.75, 3.05) is 44.2 Å². The van der Waals surface area contributed by atoms with Crippen LogP contribution in [0.4, 0.5) is 5.82 Å². The van der Waals surface area contributed by atoms with Gasteiger partial charge in [-0.05, 0) is 101 Å². The topological polar surface area (TPSA) is 122 Å². The molecule has 2 aromatic heterocycles. The maximum absolute atomic E-state index is 6.21. The van der Waals surface area contributed by atoms with E-state index in [9.17, 15) is 0 Å². The van der Waals surface area contributed by atoms with Gasteiger partial charge in [0.2, 0.25) is 0 Å². The molecule has 4 aromatic rings. The molecule has 0 amide bonds. The minimum absolute atomic E-state index is 0.173. The number of nitrogens with zero attached hydrogens (tertiary/aromatic N) is 4. The first-order valence-corrected chi connectivity index (χ1v) is 15.0. The van der Waals surface area contributed by atoms with Crippen LogP contribution >= 0.6 is 0 Å². The second-order valence-electron chi connectivity index (χ2n) is 12.3. The van der Waals surface area contributed by atoms with Gasteiger partial charge >= 0.3 is 0 Å². The van der Waals surface area contributed by atoms with Crippen molar-refractivity contribution in [1.29, 1.82) is 0 Å². The average molecular weight is 555 g/mol. The molecule has 0 bridgehead atoms. The van der Waals surface area contributed by atoms with Crippen molar-refractivity contribution in [2.24, 2.45) is 22.3 Å². The molecule has 8 heteroatoms. The van der Waals surface area contributed by atoms with E-state index in [1.54, 1.807) is 12.7 Å². The zero-order valence-electron chi connectivity index (χ0n) is 24.7. The molecule has 2 aliphatic heterocycles. The monoisotopic (exact) mass is 554 g/mol. The Bertz CT molecular complexity index is 1360. The molecule has 2 aromatic carbocycles. The molecule has 41 heavy (non-hydrogen) atoms. The van der Waals surface area contributed by atoms with Gasteiger partial charge in [-0.1, -0.05) is 59.7 Å². The number of imidazole rings is 1. The van der Waals surface area contributed by atoms with Gasteiger partial charge in [0.1, 0.15) is 11.8 Å². The highest BCUT2D eigenvalue weighted by atomic mass is 15.2. The normalized spacial score (nSPS) is 18.1. The number of aromatic nitrogens is 4. The number of rotatable bonds is 7. The third-order valence-corrected chi connectivity index (χ3v) is 9.26. The molecule has 2 fully saturated rings. The largest absolute Gasteiger partial charge is 0.355 e. The minimum atomic E-state index is 0.173. The van der Waals surface area contributed by atoms with E-state index in [-0.39, 0.29) is 5.41 Å². The third-order valence-electron chi connectivity index (χ3n) is 9.26. The number of hydrogen-bond donors (Lipinski definition) is 4. The molecule has 0 unspecified atom stereocenters. The van der Waals surface area contributed by atoms with Gasteiger partial charge in [0, 0.05) is 13.1 Å². The highest BCUT2D eigenvalue weighted by Gasteiger charge is 2.34. The molecule has 0 spiro atoms. The van der Waals surface area contributed by atoms with Gasteiger partial charge in [0.25, 0.3) is 0 Å². The van der Waals surface area contributed by atoms with Crippen molar-refractivity contribution in [2.45, 2.75) is 52.4 Å². The van der Waals surface area contributed by atoms with Crippen LogP contribution in [0.2, 0.25) is 0 Å². The Morgan fingerprint density at radius 1 is 0.732 bits per heavy atom. The van der Waals surface area contributed by atoms with Gasteiger partial charge in [-0.2, -0.15) is 0 Å². The lowest BCUT2D eigenvalue weighted by Crippen LogP contribution is -2.45. The number of aromatic amines is 1. The van der Waals surface area contributed by atoms with Gasteiger partial charge in [-0.15, -0.1) is 0 Å². The number of nitrogens with one attached hydrogen (secondary N) is 2. The Morgan fingerprint density at radius 2 is 1.27 bits per heavy atom. The maximum atomic E-state index is 6.21. The molecule has 0 atom stereocenters. The highest BCUT2D eigenvalue weighted by molar-refractivity contribution is 5.82. The van der Waals surface area contributed by atoms with Crippen LogP contribution in [-0.2, 0) is 12.8 Å². The van der Waals surface area contributed by atoms with Crippen molar-refractivity contribution in [3.63, 3.8) is 0 Å². The van der Waals surface area contributed by atoms with Gasteiger partial charge in [0.15, 0.2) is 11.5 Å². The molecule has 2 aliphatic rings. The third kappa shape index (κ3) is 7.12. The number of aryl methyl sites for hydroxylation is 2. The number of piperidine rings is 2. The van der Waals surface area contributed by atoms with E-state index < -0.39 is 0 Å². The molecule has 2 saturated heterocycles. The summed E-state index contributed by atoms with van der Waals surface area (Å²) < 4.78 is 0. The lowest BCUT2D eigenvalue weighted by molar-refractivity contribution is 0.210. The Kier molecular flexibility index (Phi) is 9.32. The summed E-state index contributed by atoms with van der Waals surface area (Å²) in [5, 5.41) is 3.41. The fraction of sp³-hybridized carbons (Fsp3) is 0.485. The van der Waals surface area contributed by atoms with Crippen molar-refractivity contribution in [3.8, 4) is 0 Å². The van der Waals surface area contributed by atoms with Crippen LogP contribution < -0.4 is 21.7 Å². The van der Waals surface area contributed by atoms with Crippen LogP contribution in [0.3, 0.4) is 0 Å². The van der Waals surface area contributed by atoms with E-state index in [1.807, 2.05) is 0 Å². The number of anilines is 1. The summed E-state index contributed by atoms with van der Waals surface area (Å²) in [5.41, 5.74) is 19.8. The summed E-state index contributed by atoms with van der Waals surface area (Å²) in [6.07, 6.45) is 9.99. The Labute approximate surface area is 244 Å². The summed E-state index contributed by atoms with van der Waals surface area (Å²) in [6, 6.07) is 17.7. The van der Waals surface area contributed by atoms with Crippen LogP contribution in [0.5, 0.6) is 0 Å². The van der Waals surface area contributed by atoms with Crippen LogP contribution in [0, 0.1) is 24.7 Å².